The number of carbonyl (C=O) groups excluding carboxylic acids is 1. The summed E-state index contributed by atoms with van der Waals surface area (Å²) in [5, 5.41) is 2.50. The van der Waals surface area contributed by atoms with Gasteiger partial charge < -0.3 is 11.1 Å². The Morgan fingerprint density at radius 2 is 2.06 bits per heavy atom. The molecule has 0 saturated carbocycles. The molecule has 18 heavy (non-hydrogen) atoms. The van der Waals surface area contributed by atoms with Crippen molar-refractivity contribution in [2.45, 2.75) is 13.8 Å². The van der Waals surface area contributed by atoms with Gasteiger partial charge in [0.05, 0.1) is 10.6 Å². The molecule has 3 N–H and O–H groups in total. The molecule has 0 fully saturated rings. The molecule has 0 aliphatic rings. The maximum Gasteiger partial charge on any atom is 0.254 e. The molecule has 0 aliphatic carbocycles. The number of aryl methyl sites for hydroxylation is 1. The summed E-state index contributed by atoms with van der Waals surface area (Å²) in [6, 6.07) is 1.87. The summed E-state index contributed by atoms with van der Waals surface area (Å²) in [6.07, 6.45) is 0. The summed E-state index contributed by atoms with van der Waals surface area (Å²) in [5.74, 6) is -2.37. The van der Waals surface area contributed by atoms with Crippen LogP contribution in [-0.2, 0) is 0 Å². The maximum atomic E-state index is 13.4. The molecule has 1 atom stereocenters. The summed E-state index contributed by atoms with van der Waals surface area (Å²) in [7, 11) is 0. The number of carbonyl (C=O) groups is 1. The van der Waals surface area contributed by atoms with Crippen LogP contribution in [-0.4, -0.2) is 17.4 Å². The predicted molar refractivity (Wildman–Crippen MR) is 69.4 cm³/mol. The van der Waals surface area contributed by atoms with Crippen molar-refractivity contribution in [3.63, 3.8) is 0 Å². The van der Waals surface area contributed by atoms with Crippen molar-refractivity contribution in [3.8, 4) is 0 Å². The van der Waals surface area contributed by atoms with Crippen molar-refractivity contribution >= 4 is 23.1 Å². The van der Waals surface area contributed by atoms with E-state index in [1.807, 2.05) is 0 Å². The number of nitrogens with two attached hydrogens (primary N) is 1. The highest BCUT2D eigenvalue weighted by molar-refractivity contribution is 7.80. The molecule has 1 aromatic carbocycles. The van der Waals surface area contributed by atoms with Crippen LogP contribution in [0.25, 0.3) is 0 Å². The van der Waals surface area contributed by atoms with E-state index in [0.717, 1.165) is 0 Å². The van der Waals surface area contributed by atoms with Gasteiger partial charge in [0.15, 0.2) is 0 Å². The van der Waals surface area contributed by atoms with E-state index in [4.69, 9.17) is 18.0 Å². The molecule has 6 heteroatoms. The normalized spacial score (nSPS) is 12.0. The van der Waals surface area contributed by atoms with Gasteiger partial charge >= 0.3 is 0 Å². The van der Waals surface area contributed by atoms with Crippen LogP contribution in [0.4, 0.5) is 8.78 Å². The second-order valence-electron chi connectivity index (χ2n) is 4.09. The molecule has 0 radical (unpaired) electrons. The Kier molecular flexibility index (Phi) is 4.72. The number of thiocarbonyl (C=S) groups is 1. The van der Waals surface area contributed by atoms with Crippen LogP contribution in [0.3, 0.4) is 0 Å². The Labute approximate surface area is 109 Å². The lowest BCUT2D eigenvalue weighted by Gasteiger charge is -2.11. The topological polar surface area (TPSA) is 55.1 Å². The molecule has 3 nitrogen and oxygen atoms in total. The molecule has 1 aromatic rings. The molecule has 1 amide bonds. The van der Waals surface area contributed by atoms with Crippen molar-refractivity contribution < 1.29 is 13.6 Å². The standard InChI is InChI=1S/C12H14F2N2OS/c1-6-3-8(10(14)4-9(6)13)12(17)16-5-7(2)11(15)18/h3-4,7H,5H2,1-2H3,(H2,15,18)(H,16,17). The third-order valence-corrected chi connectivity index (χ3v) is 2.95. The quantitative estimate of drug-likeness (QED) is 0.823. The van der Waals surface area contributed by atoms with Gasteiger partial charge in [-0.1, -0.05) is 19.1 Å². The van der Waals surface area contributed by atoms with Gasteiger partial charge in [0.25, 0.3) is 5.91 Å². The van der Waals surface area contributed by atoms with E-state index in [9.17, 15) is 13.6 Å². The largest absolute Gasteiger partial charge is 0.393 e. The van der Waals surface area contributed by atoms with Crippen LogP contribution in [0.5, 0.6) is 0 Å². The second-order valence-corrected chi connectivity index (χ2v) is 4.57. The highest BCUT2D eigenvalue weighted by atomic mass is 32.1. The zero-order valence-electron chi connectivity index (χ0n) is 10.1. The Morgan fingerprint density at radius 3 is 2.61 bits per heavy atom. The minimum atomic E-state index is -0.890. The van der Waals surface area contributed by atoms with Crippen LogP contribution < -0.4 is 11.1 Å². The third-order valence-electron chi connectivity index (χ3n) is 2.55. The SMILES string of the molecule is Cc1cc(C(=O)NCC(C)C(N)=S)c(F)cc1F. The maximum absolute atomic E-state index is 13.4. The van der Waals surface area contributed by atoms with Gasteiger partial charge in [0.1, 0.15) is 11.6 Å². The predicted octanol–water partition coefficient (Wildman–Crippen LogP) is 1.93. The monoisotopic (exact) mass is 272 g/mol. The summed E-state index contributed by atoms with van der Waals surface area (Å²) < 4.78 is 26.5. The first kappa shape index (κ1) is 14.5. The lowest BCUT2D eigenvalue weighted by atomic mass is 10.1. The molecular formula is C12H14F2N2OS. The fraction of sp³-hybridized carbons (Fsp3) is 0.333. The molecule has 0 bridgehead atoms. The highest BCUT2D eigenvalue weighted by Crippen LogP contribution is 2.14. The van der Waals surface area contributed by atoms with Crippen molar-refractivity contribution in [2.75, 3.05) is 6.54 Å². The smallest absolute Gasteiger partial charge is 0.254 e. The minimum Gasteiger partial charge on any atom is -0.393 e. The Morgan fingerprint density at radius 1 is 1.44 bits per heavy atom. The van der Waals surface area contributed by atoms with Crippen molar-refractivity contribution in [2.24, 2.45) is 11.7 Å². The van der Waals surface area contributed by atoms with Gasteiger partial charge in [-0.3, -0.25) is 4.79 Å². The van der Waals surface area contributed by atoms with Crippen LogP contribution >= 0.6 is 12.2 Å². The Balaban J connectivity index is 2.79. The van der Waals surface area contributed by atoms with Gasteiger partial charge in [-0.15, -0.1) is 0 Å². The highest BCUT2D eigenvalue weighted by Gasteiger charge is 2.15. The minimum absolute atomic E-state index is 0.187. The molecule has 0 aliphatic heterocycles. The second kappa shape index (κ2) is 5.86. The van der Waals surface area contributed by atoms with E-state index >= 15 is 0 Å². The summed E-state index contributed by atoms with van der Waals surface area (Å²) in [4.78, 5) is 12.0. The number of rotatable bonds is 4. The number of hydrogen-bond acceptors (Lipinski definition) is 2. The summed E-state index contributed by atoms with van der Waals surface area (Å²) in [5.41, 5.74) is 5.41. The Bertz CT molecular complexity index is 491. The summed E-state index contributed by atoms with van der Waals surface area (Å²) >= 11 is 4.75. The lowest BCUT2D eigenvalue weighted by molar-refractivity contribution is 0.0947. The average Bonchev–Trinajstić information content (AvgIpc) is 2.30. The van der Waals surface area contributed by atoms with Gasteiger partial charge in [-0.25, -0.2) is 8.78 Å². The van der Waals surface area contributed by atoms with E-state index in [0.29, 0.717) is 6.07 Å². The van der Waals surface area contributed by atoms with Gasteiger partial charge in [-0.2, -0.15) is 0 Å². The molecule has 98 valence electrons. The van der Waals surface area contributed by atoms with Crippen molar-refractivity contribution in [1.29, 1.82) is 0 Å². The number of benzene rings is 1. The van der Waals surface area contributed by atoms with Gasteiger partial charge in [-0.05, 0) is 18.6 Å². The third kappa shape index (κ3) is 3.46. The fourth-order valence-electron chi connectivity index (χ4n) is 1.27. The first-order chi connectivity index (χ1) is 8.32. The molecule has 0 spiro atoms. The van der Waals surface area contributed by atoms with E-state index in [1.165, 1.54) is 13.0 Å². The van der Waals surface area contributed by atoms with E-state index in [-0.39, 0.29) is 28.6 Å². The molecule has 1 rings (SSSR count). The lowest BCUT2D eigenvalue weighted by Crippen LogP contribution is -2.34. The van der Waals surface area contributed by atoms with Crippen LogP contribution in [0.1, 0.15) is 22.8 Å². The zero-order valence-corrected chi connectivity index (χ0v) is 10.9. The van der Waals surface area contributed by atoms with Crippen LogP contribution in [0.2, 0.25) is 0 Å². The molecule has 0 aromatic heterocycles. The van der Waals surface area contributed by atoms with E-state index in [2.05, 4.69) is 5.32 Å². The number of hydrogen-bond donors (Lipinski definition) is 2. The van der Waals surface area contributed by atoms with Gasteiger partial charge in [0.2, 0.25) is 0 Å². The Hall–Kier alpha value is -1.56. The van der Waals surface area contributed by atoms with E-state index < -0.39 is 17.5 Å². The number of halogens is 2. The molecule has 0 heterocycles. The van der Waals surface area contributed by atoms with E-state index in [1.54, 1.807) is 6.92 Å². The molecular weight excluding hydrogens is 258 g/mol. The average molecular weight is 272 g/mol. The zero-order chi connectivity index (χ0) is 13.9. The first-order valence-corrected chi connectivity index (χ1v) is 5.77. The fourth-order valence-corrected chi connectivity index (χ4v) is 1.36. The van der Waals surface area contributed by atoms with Crippen LogP contribution in [0, 0.1) is 24.5 Å². The van der Waals surface area contributed by atoms with Gasteiger partial charge in [0, 0.05) is 18.5 Å². The van der Waals surface area contributed by atoms with Crippen molar-refractivity contribution in [3.05, 3.63) is 34.9 Å². The van der Waals surface area contributed by atoms with Crippen LogP contribution in [0.15, 0.2) is 12.1 Å². The summed E-state index contributed by atoms with van der Waals surface area (Å²) in [6.45, 7) is 3.42. The number of amides is 1. The molecule has 0 saturated heterocycles. The van der Waals surface area contributed by atoms with Crippen molar-refractivity contribution in [1.82, 2.24) is 5.32 Å². The number of nitrogens with one attached hydrogen (secondary N) is 1. The first-order valence-electron chi connectivity index (χ1n) is 5.36. The molecule has 1 unspecified atom stereocenters.